The minimum atomic E-state index is -1.40. The van der Waals surface area contributed by atoms with Gasteiger partial charge in [0.15, 0.2) is 34.9 Å². The highest BCUT2D eigenvalue weighted by Gasteiger charge is 2.21. The van der Waals surface area contributed by atoms with E-state index < -0.39 is 7.12 Å². The third kappa shape index (κ3) is 12.5. The van der Waals surface area contributed by atoms with Crippen molar-refractivity contribution in [3.8, 4) is 102 Å². The van der Waals surface area contributed by atoms with E-state index in [1.165, 1.54) is 30.3 Å². The molecule has 0 atom stereocenters. The molecule has 0 amide bonds. The van der Waals surface area contributed by atoms with Crippen molar-refractivity contribution in [2.45, 2.75) is 0 Å². The van der Waals surface area contributed by atoms with Crippen LogP contribution in [-0.2, 0) is 0 Å². The van der Waals surface area contributed by atoms with Crippen LogP contribution in [-0.4, -0.2) is 57.0 Å². The van der Waals surface area contributed by atoms with Gasteiger partial charge in [-0.2, -0.15) is 0 Å². The van der Waals surface area contributed by atoms with E-state index in [4.69, 9.17) is 61.5 Å². The minimum Gasteiger partial charge on any atom is -0.423 e. The monoisotopic (exact) mass is 1320 g/mol. The lowest BCUT2D eigenvalue weighted by Crippen LogP contribution is -2.30. The second-order valence-electron chi connectivity index (χ2n) is 23.3. The molecule has 0 fully saturated rings. The predicted octanol–water partition coefficient (Wildman–Crippen LogP) is 20.6. The summed E-state index contributed by atoms with van der Waals surface area (Å²) < 4.78 is 4.74. The maximum atomic E-state index is 9.08. The highest BCUT2D eigenvalue weighted by molar-refractivity contribution is 7.26. The maximum absolute atomic E-state index is 9.08. The molecule has 0 saturated heterocycles. The average molecular weight is 1320 g/mol. The summed E-state index contributed by atoms with van der Waals surface area (Å²) in [6.07, 6.45) is 3.78. The third-order valence-electron chi connectivity index (χ3n) is 17.1. The van der Waals surface area contributed by atoms with Gasteiger partial charge in [0.1, 0.15) is 0 Å². The zero-order chi connectivity index (χ0) is 65.9. The fourth-order valence-corrected chi connectivity index (χ4v) is 15.1. The molecule has 464 valence electrons. The van der Waals surface area contributed by atoms with Crippen LogP contribution in [0.2, 0.25) is 5.02 Å². The van der Waals surface area contributed by atoms with Crippen LogP contribution >= 0.6 is 34.3 Å². The Morgan fingerprint density at radius 1 is 0.276 bits per heavy atom. The average Bonchev–Trinajstić information content (AvgIpc) is 1.49. The van der Waals surface area contributed by atoms with Gasteiger partial charge in [-0.1, -0.05) is 254 Å². The molecule has 6 heterocycles. The Kier molecular flexibility index (Phi) is 16.9. The molecule has 0 unspecified atom stereocenters. The van der Waals surface area contributed by atoms with Crippen molar-refractivity contribution in [2.24, 2.45) is 0 Å². The van der Waals surface area contributed by atoms with Crippen molar-refractivity contribution in [1.29, 1.82) is 0 Å². The van der Waals surface area contributed by atoms with E-state index in [9.17, 15) is 0 Å². The van der Waals surface area contributed by atoms with Gasteiger partial charge in [-0.3, -0.25) is 9.97 Å². The molecule has 0 aliphatic rings. The summed E-state index contributed by atoms with van der Waals surface area (Å²) in [4.78, 5) is 39.2. The van der Waals surface area contributed by atoms with Crippen LogP contribution in [0, 0.1) is 0 Å². The molecule has 2 N–H and O–H groups in total. The Morgan fingerprint density at radius 2 is 0.602 bits per heavy atom. The Bertz CT molecular complexity index is 5840. The standard InChI is InChI=1S/C42H26N4S.C32H19ClN4S.C10H9BO2/c1-3-13-28(14-4-1)40-44-41(29-15-5-2-6-16-29)46-42(45-40)32-25-30(34-20-11-17-27-12-7-8-18-33(27)34)24-31(26-32)35-22-23-43-38-36-19-9-10-21-37(36)47-39(35)38;33-24-18-22(25-15-16-34-28-26-13-7-8-14-27(26)38-29(25)28)17-23(19-24)32-36-30(20-9-3-1-4-10-20)35-31(37-32)21-11-5-2-6-12-21;12-11(13)10-7-3-5-8-4-1-2-6-9(8)10/h1-26H;1-19H;1-7,12-13H. The van der Waals surface area contributed by atoms with Crippen molar-refractivity contribution in [1.82, 2.24) is 39.9 Å². The quantitative estimate of drug-likeness (QED) is 0.127. The van der Waals surface area contributed by atoms with Gasteiger partial charge in [-0.15, -0.1) is 22.7 Å². The van der Waals surface area contributed by atoms with E-state index >= 15 is 0 Å². The van der Waals surface area contributed by atoms with E-state index in [0.717, 1.165) is 98.7 Å². The maximum Gasteiger partial charge on any atom is 0.489 e. The van der Waals surface area contributed by atoms with Gasteiger partial charge in [0, 0.05) is 82.1 Å². The molecule has 6 aromatic heterocycles. The van der Waals surface area contributed by atoms with Crippen molar-refractivity contribution >= 4 is 109 Å². The predicted molar refractivity (Wildman–Crippen MR) is 406 cm³/mol. The van der Waals surface area contributed by atoms with Crippen LogP contribution < -0.4 is 5.46 Å². The molecule has 0 aliphatic heterocycles. The molecular formula is C84H54BClN8O2S2. The molecule has 14 heteroatoms. The van der Waals surface area contributed by atoms with E-state index in [-0.39, 0.29) is 0 Å². The van der Waals surface area contributed by atoms with Gasteiger partial charge in [0.05, 0.1) is 20.4 Å². The lowest BCUT2D eigenvalue weighted by atomic mass is 9.77. The number of halogens is 1. The van der Waals surface area contributed by atoms with Gasteiger partial charge in [-0.25, -0.2) is 29.9 Å². The summed E-state index contributed by atoms with van der Waals surface area (Å²) in [6, 6.07) is 102. The summed E-state index contributed by atoms with van der Waals surface area (Å²) >= 11 is 10.2. The van der Waals surface area contributed by atoms with Crippen molar-refractivity contribution < 1.29 is 10.0 Å². The largest absolute Gasteiger partial charge is 0.489 e. The Hall–Kier alpha value is -11.8. The number of nitrogens with zero attached hydrogens (tertiary/aromatic N) is 8. The number of hydrogen-bond donors (Lipinski definition) is 2. The molecule has 10 nitrogen and oxygen atoms in total. The Morgan fingerprint density at radius 3 is 1.06 bits per heavy atom. The number of rotatable bonds is 10. The first kappa shape index (κ1) is 61.1. The van der Waals surface area contributed by atoms with Gasteiger partial charge < -0.3 is 10.0 Å². The number of pyridine rings is 2. The van der Waals surface area contributed by atoms with E-state index in [2.05, 4.69) is 121 Å². The van der Waals surface area contributed by atoms with E-state index in [0.29, 0.717) is 45.4 Å². The van der Waals surface area contributed by atoms with E-state index in [1.807, 2.05) is 188 Å². The van der Waals surface area contributed by atoms with Crippen LogP contribution in [0.4, 0.5) is 0 Å². The number of fused-ring (bicyclic) bond motifs is 8. The van der Waals surface area contributed by atoms with Crippen LogP contribution in [0.1, 0.15) is 0 Å². The first-order valence-corrected chi connectivity index (χ1v) is 33.9. The van der Waals surface area contributed by atoms with Gasteiger partial charge in [-0.05, 0) is 110 Å². The molecule has 0 spiro atoms. The normalized spacial score (nSPS) is 11.2. The van der Waals surface area contributed by atoms with Crippen molar-refractivity contribution in [3.63, 3.8) is 0 Å². The van der Waals surface area contributed by atoms with Crippen LogP contribution in [0.5, 0.6) is 0 Å². The first-order chi connectivity index (χ1) is 48.3. The smallest absolute Gasteiger partial charge is 0.423 e. The van der Waals surface area contributed by atoms with Gasteiger partial charge >= 0.3 is 7.12 Å². The third-order valence-corrected chi connectivity index (χ3v) is 19.7. The lowest BCUT2D eigenvalue weighted by molar-refractivity contribution is 0.426. The first-order valence-electron chi connectivity index (χ1n) is 31.9. The Labute approximate surface area is 577 Å². The van der Waals surface area contributed by atoms with E-state index in [1.54, 1.807) is 28.7 Å². The lowest BCUT2D eigenvalue weighted by Gasteiger charge is -2.14. The summed E-state index contributed by atoms with van der Waals surface area (Å²) in [5.74, 6) is 3.72. The molecule has 18 rings (SSSR count). The fourth-order valence-electron chi connectivity index (χ4n) is 12.4. The molecule has 18 aromatic rings. The summed E-state index contributed by atoms with van der Waals surface area (Å²) in [5.41, 5.74) is 14.6. The summed E-state index contributed by atoms with van der Waals surface area (Å²) in [5, 5.41) is 25.4. The molecule has 98 heavy (non-hydrogen) atoms. The molecular weight excluding hydrogens is 1260 g/mol. The highest BCUT2D eigenvalue weighted by atomic mass is 35.5. The van der Waals surface area contributed by atoms with Gasteiger partial charge in [0.25, 0.3) is 0 Å². The minimum absolute atomic E-state index is 0.554. The Balaban J connectivity index is 0.000000131. The molecule has 0 aliphatic carbocycles. The SMILES string of the molecule is Clc1cc(-c2nc(-c3ccccc3)nc(-c3ccccc3)n2)cc(-c2ccnc3c2sc2ccccc23)c1.OB(O)c1cccc2ccccc12.c1ccc(-c2nc(-c3ccccc3)nc(-c3cc(-c4cccc5ccccc45)cc(-c4ccnc5c4sc4ccccc45)c3)n2)cc1. The number of hydrogen-bond acceptors (Lipinski definition) is 12. The summed E-state index contributed by atoms with van der Waals surface area (Å²) in [7, 11) is -1.40. The van der Waals surface area contributed by atoms with Crippen molar-refractivity contribution in [3.05, 3.63) is 321 Å². The van der Waals surface area contributed by atoms with Crippen LogP contribution in [0.3, 0.4) is 0 Å². The molecule has 0 radical (unpaired) electrons. The molecule has 0 saturated carbocycles. The second kappa shape index (κ2) is 27.1. The van der Waals surface area contributed by atoms with Gasteiger partial charge in [0.2, 0.25) is 0 Å². The number of benzene rings is 12. The fraction of sp³-hybridized carbons (Fsp3) is 0. The highest BCUT2D eigenvalue weighted by Crippen LogP contribution is 2.44. The zero-order valence-corrected chi connectivity index (χ0v) is 54.7. The topological polar surface area (TPSA) is 144 Å². The summed E-state index contributed by atoms with van der Waals surface area (Å²) in [6.45, 7) is 0. The van der Waals surface area contributed by atoms with Crippen LogP contribution in [0.15, 0.2) is 316 Å². The number of aromatic nitrogens is 8. The molecule has 12 aromatic carbocycles. The number of thiophene rings is 2. The molecule has 0 bridgehead atoms. The second-order valence-corrected chi connectivity index (χ2v) is 25.9. The van der Waals surface area contributed by atoms with Crippen LogP contribution in [0.25, 0.3) is 164 Å². The zero-order valence-electron chi connectivity index (χ0n) is 52.3. The van der Waals surface area contributed by atoms with Crippen molar-refractivity contribution in [2.75, 3.05) is 0 Å².